The zero-order valence-corrected chi connectivity index (χ0v) is 24.0. The average molecular weight is 604 g/mol. The van der Waals surface area contributed by atoms with Crippen LogP contribution in [0.5, 0.6) is 0 Å². The lowest BCUT2D eigenvalue weighted by molar-refractivity contribution is -0.143. The maximum Gasteiger partial charge on any atom is 0.408 e. The molecule has 43 heavy (non-hydrogen) atoms. The molecule has 228 valence electrons. The number of nitrogens with zero attached hydrogens (tertiary/aromatic N) is 3. The number of aryl methyl sites for hydroxylation is 4. The van der Waals surface area contributed by atoms with Gasteiger partial charge in [0.15, 0.2) is 0 Å². The third-order valence-corrected chi connectivity index (χ3v) is 6.54. The Morgan fingerprint density at radius 1 is 0.953 bits per heavy atom. The number of pyridine rings is 1. The van der Waals surface area contributed by atoms with Crippen LogP contribution in [0, 0.1) is 39.3 Å². The zero-order valence-electron chi connectivity index (χ0n) is 24.0. The van der Waals surface area contributed by atoms with Crippen molar-refractivity contribution < 1.29 is 36.6 Å². The molecule has 0 fully saturated rings. The molecule has 0 bridgehead atoms. The van der Waals surface area contributed by atoms with Crippen molar-refractivity contribution in [2.45, 2.75) is 53.3 Å². The summed E-state index contributed by atoms with van der Waals surface area (Å²) in [5.41, 5.74) is 5.54. The first-order valence-corrected chi connectivity index (χ1v) is 13.1. The van der Waals surface area contributed by atoms with Crippen LogP contribution in [0.4, 0.5) is 27.6 Å². The van der Waals surface area contributed by atoms with Crippen LogP contribution in [-0.4, -0.2) is 50.7 Å². The van der Waals surface area contributed by atoms with E-state index in [0.29, 0.717) is 12.1 Å². The van der Waals surface area contributed by atoms with Gasteiger partial charge in [-0.1, -0.05) is 25.1 Å². The van der Waals surface area contributed by atoms with Crippen LogP contribution in [0.3, 0.4) is 0 Å². The highest BCUT2D eigenvalue weighted by molar-refractivity contribution is 5.97. The normalized spacial score (nSPS) is 11.9. The SMILES string of the molecule is CCC(Nc1cc(F)c(C(=O)NCC(=O)O)c(F)c1)C(F)(F)F.Cc1nc(C)c(-c2ccc(C)c3cccnc23)nc1C. The van der Waals surface area contributed by atoms with Crippen molar-refractivity contribution in [3.8, 4) is 11.3 Å². The van der Waals surface area contributed by atoms with Gasteiger partial charge in [0.05, 0.1) is 28.3 Å². The van der Waals surface area contributed by atoms with E-state index in [0.717, 1.165) is 33.9 Å². The summed E-state index contributed by atoms with van der Waals surface area (Å²) in [6.45, 7) is 8.48. The first-order chi connectivity index (χ1) is 20.1. The quantitative estimate of drug-likeness (QED) is 0.208. The monoisotopic (exact) mass is 603 g/mol. The van der Waals surface area contributed by atoms with Gasteiger partial charge in [-0.25, -0.2) is 13.8 Å². The van der Waals surface area contributed by atoms with E-state index in [4.69, 9.17) is 10.1 Å². The number of carbonyl (C=O) groups is 2. The van der Waals surface area contributed by atoms with Crippen LogP contribution in [-0.2, 0) is 4.79 Å². The van der Waals surface area contributed by atoms with Gasteiger partial charge in [-0.05, 0) is 57.9 Å². The molecular weight excluding hydrogens is 573 g/mol. The first-order valence-electron chi connectivity index (χ1n) is 13.1. The molecule has 1 amide bonds. The number of aromatic nitrogens is 3. The van der Waals surface area contributed by atoms with Gasteiger partial charge < -0.3 is 15.7 Å². The number of rotatable bonds is 7. The Hall–Kier alpha value is -4.68. The van der Waals surface area contributed by atoms with Crippen molar-refractivity contribution in [1.29, 1.82) is 0 Å². The molecule has 0 aliphatic carbocycles. The van der Waals surface area contributed by atoms with Crippen LogP contribution in [0.25, 0.3) is 22.2 Å². The molecule has 2 aromatic carbocycles. The standard InChI is InChI=1S/C17H17N3.C13H13F5N2O3/c1-10-7-8-15(17-14(10)6-5-9-18-17)16-13(4)19-11(2)12(3)20-16;1-2-9(13(16,17)18)20-6-3-7(14)11(8(15)4-6)12(23)19-5-10(21)22/h5-9H,1-4H3;3-4,9,20H,2,5H2,1H3,(H,19,23)(H,21,22). The average Bonchev–Trinajstić information content (AvgIpc) is 2.92. The Kier molecular flexibility index (Phi) is 10.3. The van der Waals surface area contributed by atoms with Gasteiger partial charge >= 0.3 is 12.1 Å². The van der Waals surface area contributed by atoms with Crippen LogP contribution in [0.1, 0.15) is 46.3 Å². The molecule has 0 aliphatic rings. The Morgan fingerprint density at radius 2 is 1.58 bits per heavy atom. The molecule has 0 spiro atoms. The number of aliphatic carboxylic acids is 1. The number of carbonyl (C=O) groups excluding carboxylic acids is 1. The molecule has 4 aromatic rings. The lowest BCUT2D eigenvalue weighted by Crippen LogP contribution is -2.35. The molecule has 0 saturated carbocycles. The Morgan fingerprint density at radius 3 is 2.16 bits per heavy atom. The van der Waals surface area contributed by atoms with Crippen LogP contribution in [0.15, 0.2) is 42.6 Å². The fraction of sp³-hybridized carbons (Fsp3) is 0.300. The summed E-state index contributed by atoms with van der Waals surface area (Å²) >= 11 is 0. The molecule has 4 rings (SSSR count). The van der Waals surface area contributed by atoms with E-state index < -0.39 is 53.5 Å². The van der Waals surface area contributed by atoms with E-state index in [1.807, 2.05) is 38.4 Å². The zero-order chi connectivity index (χ0) is 32.1. The van der Waals surface area contributed by atoms with Gasteiger partial charge in [-0.15, -0.1) is 0 Å². The molecular formula is C30H30F5N5O3. The fourth-order valence-corrected chi connectivity index (χ4v) is 4.21. The summed E-state index contributed by atoms with van der Waals surface area (Å²) in [6.07, 6.45) is -3.15. The number of alkyl halides is 3. The summed E-state index contributed by atoms with van der Waals surface area (Å²) in [5.74, 6) is -5.56. The van der Waals surface area contributed by atoms with E-state index in [1.165, 1.54) is 17.9 Å². The highest BCUT2D eigenvalue weighted by atomic mass is 19.4. The maximum absolute atomic E-state index is 13.8. The Labute approximate surface area is 244 Å². The largest absolute Gasteiger partial charge is 0.480 e. The molecule has 0 saturated heterocycles. The number of halogens is 5. The molecule has 1 atom stereocenters. The molecule has 2 heterocycles. The molecule has 2 aromatic heterocycles. The van der Waals surface area contributed by atoms with Gasteiger partial charge in [-0.3, -0.25) is 19.6 Å². The molecule has 0 radical (unpaired) electrons. The van der Waals surface area contributed by atoms with Crippen molar-refractivity contribution in [2.24, 2.45) is 0 Å². The van der Waals surface area contributed by atoms with Crippen molar-refractivity contribution in [2.75, 3.05) is 11.9 Å². The smallest absolute Gasteiger partial charge is 0.408 e. The van der Waals surface area contributed by atoms with Gasteiger partial charge in [0, 0.05) is 22.8 Å². The minimum absolute atomic E-state index is 0.367. The summed E-state index contributed by atoms with van der Waals surface area (Å²) in [6, 6.07) is 7.35. The molecule has 0 aliphatic heterocycles. The Balaban J connectivity index is 0.000000237. The van der Waals surface area contributed by atoms with Crippen molar-refractivity contribution in [3.05, 3.63) is 82.4 Å². The minimum atomic E-state index is -4.61. The molecule has 13 heteroatoms. The van der Waals surface area contributed by atoms with Crippen molar-refractivity contribution >= 4 is 28.5 Å². The van der Waals surface area contributed by atoms with Gasteiger partial charge in [0.1, 0.15) is 29.8 Å². The lowest BCUT2D eigenvalue weighted by atomic mass is 10.0. The number of nitrogens with one attached hydrogen (secondary N) is 2. The van der Waals surface area contributed by atoms with E-state index in [1.54, 1.807) is 5.32 Å². The lowest BCUT2D eigenvalue weighted by Gasteiger charge is -2.21. The summed E-state index contributed by atoms with van der Waals surface area (Å²) < 4.78 is 65.4. The third kappa shape index (κ3) is 7.99. The second-order valence-electron chi connectivity index (χ2n) is 9.70. The van der Waals surface area contributed by atoms with Gasteiger partial charge in [0.2, 0.25) is 0 Å². The number of benzene rings is 2. The first kappa shape index (κ1) is 32.8. The number of anilines is 1. The van der Waals surface area contributed by atoms with Crippen LogP contribution < -0.4 is 10.6 Å². The van der Waals surface area contributed by atoms with E-state index in [2.05, 4.69) is 35.1 Å². The predicted molar refractivity (Wildman–Crippen MR) is 152 cm³/mol. The highest BCUT2D eigenvalue weighted by Crippen LogP contribution is 2.30. The van der Waals surface area contributed by atoms with Crippen LogP contribution >= 0.6 is 0 Å². The molecule has 3 N–H and O–H groups in total. The predicted octanol–water partition coefficient (Wildman–Crippen LogP) is 6.46. The summed E-state index contributed by atoms with van der Waals surface area (Å²) in [5, 5.41) is 13.2. The van der Waals surface area contributed by atoms with Gasteiger partial charge in [-0.2, -0.15) is 13.2 Å². The number of carboxylic acids is 1. The molecule has 1 unspecified atom stereocenters. The number of carboxylic acid groups (broad SMARTS) is 1. The minimum Gasteiger partial charge on any atom is -0.480 e. The maximum atomic E-state index is 13.8. The number of hydrogen-bond acceptors (Lipinski definition) is 6. The van der Waals surface area contributed by atoms with E-state index in [9.17, 15) is 31.5 Å². The topological polar surface area (TPSA) is 117 Å². The van der Waals surface area contributed by atoms with Gasteiger partial charge in [0.25, 0.3) is 5.91 Å². The van der Waals surface area contributed by atoms with E-state index in [-0.39, 0.29) is 6.42 Å². The third-order valence-electron chi connectivity index (χ3n) is 6.54. The number of amides is 1. The van der Waals surface area contributed by atoms with Crippen molar-refractivity contribution in [1.82, 2.24) is 20.3 Å². The van der Waals surface area contributed by atoms with Crippen molar-refractivity contribution in [3.63, 3.8) is 0 Å². The number of hydrogen-bond donors (Lipinski definition) is 3. The highest BCUT2D eigenvalue weighted by Gasteiger charge is 2.38. The summed E-state index contributed by atoms with van der Waals surface area (Å²) in [4.78, 5) is 35.6. The second-order valence-corrected chi connectivity index (χ2v) is 9.70. The second kappa shape index (κ2) is 13.5. The Bertz CT molecular complexity index is 1640. The fourth-order valence-electron chi connectivity index (χ4n) is 4.21. The van der Waals surface area contributed by atoms with E-state index >= 15 is 0 Å². The number of fused-ring (bicyclic) bond motifs is 1. The summed E-state index contributed by atoms with van der Waals surface area (Å²) in [7, 11) is 0. The van der Waals surface area contributed by atoms with Crippen LogP contribution in [0.2, 0.25) is 0 Å². The molecule has 8 nitrogen and oxygen atoms in total.